The second-order valence-electron chi connectivity index (χ2n) is 4.61. The predicted octanol–water partition coefficient (Wildman–Crippen LogP) is 3.19. The van der Waals surface area contributed by atoms with Crippen LogP contribution in [0.3, 0.4) is 0 Å². The van der Waals surface area contributed by atoms with E-state index in [1.165, 1.54) is 12.1 Å². The minimum atomic E-state index is -3.48. The summed E-state index contributed by atoms with van der Waals surface area (Å²) in [5, 5.41) is 3.28. The van der Waals surface area contributed by atoms with E-state index in [1.807, 2.05) is 0 Å². The van der Waals surface area contributed by atoms with Gasteiger partial charge in [0.05, 0.1) is 11.9 Å². The van der Waals surface area contributed by atoms with Crippen LogP contribution in [0.15, 0.2) is 18.2 Å². The Hall–Kier alpha value is -1.30. The topological polar surface area (TPSA) is 58.2 Å². The summed E-state index contributed by atoms with van der Waals surface area (Å²) in [4.78, 5) is 0. The van der Waals surface area contributed by atoms with Crippen molar-refractivity contribution in [3.05, 3.63) is 24.0 Å². The van der Waals surface area contributed by atoms with Crippen LogP contribution in [0.2, 0.25) is 0 Å². The first-order valence-electron chi connectivity index (χ1n) is 6.39. The molecule has 19 heavy (non-hydrogen) atoms. The van der Waals surface area contributed by atoms with E-state index < -0.39 is 15.8 Å². The molecule has 0 amide bonds. The Morgan fingerprint density at radius 2 is 2.00 bits per heavy atom. The van der Waals surface area contributed by atoms with E-state index in [0.29, 0.717) is 11.7 Å². The van der Waals surface area contributed by atoms with E-state index in [0.717, 1.165) is 25.5 Å². The third-order valence-electron chi connectivity index (χ3n) is 2.76. The molecule has 0 saturated carbocycles. The summed E-state index contributed by atoms with van der Waals surface area (Å²) in [5.74, 6) is -0.584. The summed E-state index contributed by atoms with van der Waals surface area (Å²) in [7, 11) is -3.48. The van der Waals surface area contributed by atoms with Gasteiger partial charge in [0.2, 0.25) is 10.0 Å². The summed E-state index contributed by atoms with van der Waals surface area (Å²) >= 11 is 0. The molecule has 0 heterocycles. The van der Waals surface area contributed by atoms with Crippen LogP contribution in [0.5, 0.6) is 0 Å². The Morgan fingerprint density at radius 3 is 2.53 bits per heavy atom. The van der Waals surface area contributed by atoms with Crippen LogP contribution < -0.4 is 10.0 Å². The minimum absolute atomic E-state index is 0.0288. The first-order chi connectivity index (χ1) is 8.85. The van der Waals surface area contributed by atoms with E-state index in [-0.39, 0.29) is 5.69 Å². The molecular weight excluding hydrogens is 267 g/mol. The van der Waals surface area contributed by atoms with Crippen molar-refractivity contribution in [3.63, 3.8) is 0 Å². The number of rotatable bonds is 7. The zero-order valence-electron chi connectivity index (χ0n) is 11.5. The minimum Gasteiger partial charge on any atom is -0.382 e. The second kappa shape index (κ2) is 6.75. The number of hydrogen-bond donors (Lipinski definition) is 2. The highest BCUT2D eigenvalue weighted by Gasteiger charge is 2.10. The fourth-order valence-electron chi connectivity index (χ4n) is 1.86. The summed E-state index contributed by atoms with van der Waals surface area (Å²) in [5.41, 5.74) is 0.687. The summed E-state index contributed by atoms with van der Waals surface area (Å²) in [6, 6.07) is 4.66. The molecule has 0 saturated heterocycles. The molecular formula is C13H21FN2O2S. The zero-order chi connectivity index (χ0) is 14.5. The molecule has 1 rings (SSSR count). The van der Waals surface area contributed by atoms with Gasteiger partial charge in [-0.2, -0.15) is 0 Å². The molecule has 0 bridgehead atoms. The molecule has 0 fully saturated rings. The average molecular weight is 288 g/mol. The van der Waals surface area contributed by atoms with Crippen molar-refractivity contribution in [2.45, 2.75) is 39.2 Å². The van der Waals surface area contributed by atoms with Crippen molar-refractivity contribution in [2.24, 2.45) is 0 Å². The van der Waals surface area contributed by atoms with E-state index in [1.54, 1.807) is 6.07 Å². The highest BCUT2D eigenvalue weighted by atomic mass is 32.2. The molecule has 0 spiro atoms. The smallest absolute Gasteiger partial charge is 0.229 e. The molecule has 4 nitrogen and oxygen atoms in total. The summed E-state index contributed by atoms with van der Waals surface area (Å²) in [6.07, 6.45) is 4.03. The van der Waals surface area contributed by atoms with Gasteiger partial charge in [0.25, 0.3) is 0 Å². The lowest BCUT2D eigenvalue weighted by molar-refractivity contribution is 0.603. The standard InChI is InChI=1S/C13H21FN2O2S/c1-4-6-10(5-2)15-11-7-8-12(14)13(9-11)16-19(3,17)18/h7-10,15-16H,4-6H2,1-3H3. The van der Waals surface area contributed by atoms with Gasteiger partial charge < -0.3 is 5.32 Å². The molecule has 6 heteroatoms. The fourth-order valence-corrected chi connectivity index (χ4v) is 2.41. The summed E-state index contributed by atoms with van der Waals surface area (Å²) < 4.78 is 38.0. The maximum atomic E-state index is 13.5. The van der Waals surface area contributed by atoms with Crippen LogP contribution in [0.25, 0.3) is 0 Å². The van der Waals surface area contributed by atoms with Crippen LogP contribution in [-0.2, 0) is 10.0 Å². The quantitative estimate of drug-likeness (QED) is 0.810. The molecule has 1 aromatic carbocycles. The lowest BCUT2D eigenvalue weighted by atomic mass is 10.1. The van der Waals surface area contributed by atoms with Crippen molar-refractivity contribution in [3.8, 4) is 0 Å². The molecule has 1 aromatic rings. The number of sulfonamides is 1. The molecule has 0 radical (unpaired) electrons. The van der Waals surface area contributed by atoms with Crippen molar-refractivity contribution in [1.29, 1.82) is 0 Å². The van der Waals surface area contributed by atoms with Gasteiger partial charge in [0.15, 0.2) is 0 Å². The van der Waals surface area contributed by atoms with Crippen LogP contribution >= 0.6 is 0 Å². The largest absolute Gasteiger partial charge is 0.382 e. The van der Waals surface area contributed by atoms with Gasteiger partial charge in [-0.15, -0.1) is 0 Å². The molecule has 108 valence electrons. The van der Waals surface area contributed by atoms with Gasteiger partial charge in [0.1, 0.15) is 5.82 Å². The molecule has 1 atom stereocenters. The van der Waals surface area contributed by atoms with E-state index in [9.17, 15) is 12.8 Å². The number of nitrogens with one attached hydrogen (secondary N) is 2. The van der Waals surface area contributed by atoms with E-state index in [2.05, 4.69) is 23.9 Å². The molecule has 1 unspecified atom stereocenters. The second-order valence-corrected chi connectivity index (χ2v) is 6.36. The Morgan fingerprint density at radius 1 is 1.32 bits per heavy atom. The van der Waals surface area contributed by atoms with E-state index >= 15 is 0 Å². The van der Waals surface area contributed by atoms with Gasteiger partial charge in [-0.3, -0.25) is 4.72 Å². The van der Waals surface area contributed by atoms with Gasteiger partial charge in [-0.05, 0) is 31.0 Å². The number of hydrogen-bond acceptors (Lipinski definition) is 3. The Bertz CT molecular complexity index is 517. The molecule has 0 aliphatic heterocycles. The highest BCUT2D eigenvalue weighted by Crippen LogP contribution is 2.22. The molecule has 0 aliphatic carbocycles. The maximum Gasteiger partial charge on any atom is 0.229 e. The van der Waals surface area contributed by atoms with Crippen molar-refractivity contribution in [2.75, 3.05) is 16.3 Å². The zero-order valence-corrected chi connectivity index (χ0v) is 12.3. The predicted molar refractivity (Wildman–Crippen MR) is 77.5 cm³/mol. The first-order valence-corrected chi connectivity index (χ1v) is 8.28. The number of anilines is 2. The lowest BCUT2D eigenvalue weighted by Crippen LogP contribution is -2.18. The normalized spacial score (nSPS) is 13.1. The van der Waals surface area contributed by atoms with Crippen molar-refractivity contribution >= 4 is 21.4 Å². The third kappa shape index (κ3) is 5.46. The van der Waals surface area contributed by atoms with Gasteiger partial charge in [-0.25, -0.2) is 12.8 Å². The Kier molecular flexibility index (Phi) is 5.60. The molecule has 2 N–H and O–H groups in total. The highest BCUT2D eigenvalue weighted by molar-refractivity contribution is 7.92. The van der Waals surface area contributed by atoms with Gasteiger partial charge >= 0.3 is 0 Å². The summed E-state index contributed by atoms with van der Waals surface area (Å²) in [6.45, 7) is 4.18. The Labute approximate surface area is 114 Å². The molecule has 0 aromatic heterocycles. The SMILES string of the molecule is CCCC(CC)Nc1ccc(F)c(NS(C)(=O)=O)c1. The Balaban J connectivity index is 2.89. The average Bonchev–Trinajstić information content (AvgIpc) is 2.31. The monoisotopic (exact) mass is 288 g/mol. The van der Waals surface area contributed by atoms with Crippen LogP contribution in [-0.4, -0.2) is 20.7 Å². The van der Waals surface area contributed by atoms with Crippen LogP contribution in [0, 0.1) is 5.82 Å². The molecule has 0 aliphatic rings. The van der Waals surface area contributed by atoms with E-state index in [4.69, 9.17) is 0 Å². The lowest BCUT2D eigenvalue weighted by Gasteiger charge is -2.18. The fraction of sp³-hybridized carbons (Fsp3) is 0.538. The first kappa shape index (κ1) is 15.8. The van der Waals surface area contributed by atoms with Crippen molar-refractivity contribution < 1.29 is 12.8 Å². The van der Waals surface area contributed by atoms with Gasteiger partial charge in [-0.1, -0.05) is 20.3 Å². The maximum absolute atomic E-state index is 13.5. The number of benzene rings is 1. The number of halogens is 1. The van der Waals surface area contributed by atoms with Crippen LogP contribution in [0.4, 0.5) is 15.8 Å². The van der Waals surface area contributed by atoms with Crippen LogP contribution in [0.1, 0.15) is 33.1 Å². The van der Waals surface area contributed by atoms with Gasteiger partial charge in [0, 0.05) is 11.7 Å². The van der Waals surface area contributed by atoms with Crippen molar-refractivity contribution in [1.82, 2.24) is 0 Å². The third-order valence-corrected chi connectivity index (χ3v) is 3.35.